The molecule has 0 aliphatic heterocycles. The molecule has 0 fully saturated rings. The second kappa shape index (κ2) is 14.5. The normalized spacial score (nSPS) is 11.9. The van der Waals surface area contributed by atoms with E-state index >= 15 is 0 Å². The Labute approximate surface area is 235 Å². The number of carbonyl (C=O) groups excluding carboxylic acids is 2. The third-order valence-corrected chi connectivity index (χ3v) is 8.24. The first-order chi connectivity index (χ1) is 19.2. The smallest absolute Gasteiger partial charge is 0.264 e. The molecule has 0 bridgehead atoms. The minimum Gasteiger partial charge on any atom is -0.497 e. The van der Waals surface area contributed by atoms with Crippen molar-refractivity contribution in [3.05, 3.63) is 90.2 Å². The largest absolute Gasteiger partial charge is 0.497 e. The minimum absolute atomic E-state index is 0.0156. The van der Waals surface area contributed by atoms with Crippen LogP contribution in [0.4, 0.5) is 10.1 Å². The van der Waals surface area contributed by atoms with Crippen LogP contribution in [0.15, 0.2) is 83.8 Å². The predicted molar refractivity (Wildman–Crippen MR) is 153 cm³/mol. The van der Waals surface area contributed by atoms with E-state index in [1.807, 2.05) is 6.92 Å². The summed E-state index contributed by atoms with van der Waals surface area (Å²) < 4.78 is 47.3. The van der Waals surface area contributed by atoms with Crippen molar-refractivity contribution in [2.45, 2.75) is 50.6 Å². The topological polar surface area (TPSA) is 96.0 Å². The first kappa shape index (κ1) is 30.6. The first-order valence-corrected chi connectivity index (χ1v) is 14.7. The molecule has 214 valence electrons. The zero-order valence-corrected chi connectivity index (χ0v) is 23.9. The van der Waals surface area contributed by atoms with Gasteiger partial charge in [0.25, 0.3) is 10.0 Å². The SMILES string of the molecule is CCCCNC(=O)[C@H](CC)N(Cc1ccc(OC)cc1)C(=O)CN(c1ccc(F)cc1)S(=O)(=O)c1ccccc1. The van der Waals surface area contributed by atoms with Crippen LogP contribution in [0.25, 0.3) is 0 Å². The van der Waals surface area contributed by atoms with Gasteiger partial charge in [-0.15, -0.1) is 0 Å². The first-order valence-electron chi connectivity index (χ1n) is 13.2. The summed E-state index contributed by atoms with van der Waals surface area (Å²) in [4.78, 5) is 28.6. The van der Waals surface area contributed by atoms with E-state index in [2.05, 4.69) is 5.32 Å². The summed E-state index contributed by atoms with van der Waals surface area (Å²) >= 11 is 0. The van der Waals surface area contributed by atoms with E-state index in [-0.39, 0.29) is 23.0 Å². The molecule has 0 saturated carbocycles. The third-order valence-electron chi connectivity index (χ3n) is 6.45. The van der Waals surface area contributed by atoms with Crippen molar-refractivity contribution in [2.24, 2.45) is 0 Å². The molecule has 0 aliphatic rings. The number of hydrogen-bond donors (Lipinski definition) is 1. The van der Waals surface area contributed by atoms with Crippen molar-refractivity contribution in [3.8, 4) is 5.75 Å². The molecule has 3 aromatic rings. The molecule has 0 heterocycles. The van der Waals surface area contributed by atoms with Crippen molar-refractivity contribution >= 4 is 27.5 Å². The van der Waals surface area contributed by atoms with E-state index in [1.54, 1.807) is 56.5 Å². The molecule has 40 heavy (non-hydrogen) atoms. The number of rotatable bonds is 14. The van der Waals surface area contributed by atoms with Crippen molar-refractivity contribution in [1.82, 2.24) is 10.2 Å². The number of benzene rings is 3. The predicted octanol–water partition coefficient (Wildman–Crippen LogP) is 4.75. The fourth-order valence-electron chi connectivity index (χ4n) is 4.21. The average molecular weight is 570 g/mol. The molecule has 10 heteroatoms. The van der Waals surface area contributed by atoms with Gasteiger partial charge in [0.05, 0.1) is 17.7 Å². The maximum Gasteiger partial charge on any atom is 0.264 e. The van der Waals surface area contributed by atoms with Gasteiger partial charge < -0.3 is 15.0 Å². The van der Waals surface area contributed by atoms with Crippen LogP contribution in [-0.2, 0) is 26.2 Å². The summed E-state index contributed by atoms with van der Waals surface area (Å²) in [5, 5.41) is 2.89. The highest BCUT2D eigenvalue weighted by Gasteiger charge is 2.33. The summed E-state index contributed by atoms with van der Waals surface area (Å²) in [5.74, 6) is -0.778. The van der Waals surface area contributed by atoms with Gasteiger partial charge in [0, 0.05) is 13.1 Å². The Morgan fingerprint density at radius 1 is 0.950 bits per heavy atom. The number of halogens is 1. The highest BCUT2D eigenvalue weighted by Crippen LogP contribution is 2.25. The number of hydrogen-bond acceptors (Lipinski definition) is 5. The van der Waals surface area contributed by atoms with Crippen LogP contribution < -0.4 is 14.4 Å². The summed E-state index contributed by atoms with van der Waals surface area (Å²) in [6.07, 6.45) is 2.01. The Morgan fingerprint density at radius 3 is 2.17 bits per heavy atom. The Morgan fingerprint density at radius 2 is 1.60 bits per heavy atom. The summed E-state index contributed by atoms with van der Waals surface area (Å²) in [6, 6.07) is 18.9. The number of nitrogens with one attached hydrogen (secondary N) is 1. The van der Waals surface area contributed by atoms with Crippen LogP contribution in [0, 0.1) is 5.82 Å². The summed E-state index contributed by atoms with van der Waals surface area (Å²) in [5.41, 5.74) is 0.872. The van der Waals surface area contributed by atoms with Crippen LogP contribution in [0.5, 0.6) is 5.75 Å². The zero-order chi connectivity index (χ0) is 29.1. The maximum absolute atomic E-state index is 14.0. The number of anilines is 1. The maximum atomic E-state index is 14.0. The molecule has 3 rings (SSSR count). The fraction of sp³-hybridized carbons (Fsp3) is 0.333. The van der Waals surface area contributed by atoms with Gasteiger partial charge >= 0.3 is 0 Å². The van der Waals surface area contributed by atoms with E-state index < -0.39 is 34.3 Å². The summed E-state index contributed by atoms with van der Waals surface area (Å²) in [7, 11) is -2.65. The number of ether oxygens (including phenoxy) is 1. The monoisotopic (exact) mass is 569 g/mol. The van der Waals surface area contributed by atoms with Crippen LogP contribution in [-0.4, -0.2) is 51.4 Å². The lowest BCUT2D eigenvalue weighted by molar-refractivity contribution is -0.140. The van der Waals surface area contributed by atoms with Gasteiger partial charge in [0.1, 0.15) is 24.2 Å². The molecule has 1 atom stereocenters. The number of unbranched alkanes of at least 4 members (excludes halogenated alkanes) is 1. The highest BCUT2D eigenvalue weighted by atomic mass is 32.2. The van der Waals surface area contributed by atoms with Crippen molar-refractivity contribution in [1.29, 1.82) is 0 Å². The lowest BCUT2D eigenvalue weighted by Crippen LogP contribution is -2.52. The lowest BCUT2D eigenvalue weighted by atomic mass is 10.1. The Hall–Kier alpha value is -3.92. The summed E-state index contributed by atoms with van der Waals surface area (Å²) in [6.45, 7) is 3.78. The van der Waals surface area contributed by atoms with Crippen LogP contribution in [0.2, 0.25) is 0 Å². The van der Waals surface area contributed by atoms with Gasteiger partial charge in [0.2, 0.25) is 11.8 Å². The standard InChI is InChI=1S/C30H36FN3O5S/c1-4-6-20-32-30(36)28(5-2)33(21-23-12-18-26(39-3)19-13-23)29(35)22-34(25-16-14-24(31)15-17-25)40(37,38)27-10-8-7-9-11-27/h7-19,28H,4-6,20-22H2,1-3H3,(H,32,36)/t28-/m0/s1. The number of sulfonamides is 1. The molecule has 2 amide bonds. The van der Waals surface area contributed by atoms with E-state index in [4.69, 9.17) is 4.74 Å². The zero-order valence-electron chi connectivity index (χ0n) is 23.0. The number of carbonyl (C=O) groups is 2. The van der Waals surface area contributed by atoms with Gasteiger partial charge in [0.15, 0.2) is 0 Å². The van der Waals surface area contributed by atoms with Crippen molar-refractivity contribution < 1.29 is 27.1 Å². The van der Waals surface area contributed by atoms with Gasteiger partial charge in [-0.1, -0.05) is 50.6 Å². The van der Waals surface area contributed by atoms with Crippen molar-refractivity contribution in [3.63, 3.8) is 0 Å². The van der Waals surface area contributed by atoms with Gasteiger partial charge in [-0.05, 0) is 66.9 Å². The van der Waals surface area contributed by atoms with Gasteiger partial charge in [-0.25, -0.2) is 12.8 Å². The molecular formula is C30H36FN3O5S. The molecule has 0 spiro atoms. The molecule has 1 N–H and O–H groups in total. The molecule has 0 unspecified atom stereocenters. The van der Waals surface area contributed by atoms with Crippen LogP contribution >= 0.6 is 0 Å². The Balaban J connectivity index is 2.01. The molecule has 8 nitrogen and oxygen atoms in total. The van der Waals surface area contributed by atoms with E-state index in [9.17, 15) is 22.4 Å². The number of amides is 2. The molecule has 0 saturated heterocycles. The molecule has 0 aliphatic carbocycles. The number of methoxy groups -OCH3 is 1. The Kier molecular flexibility index (Phi) is 11.1. The Bertz CT molecular complexity index is 1350. The van der Waals surface area contributed by atoms with Crippen LogP contribution in [0.1, 0.15) is 38.7 Å². The van der Waals surface area contributed by atoms with Gasteiger partial charge in [-0.2, -0.15) is 0 Å². The number of nitrogens with zero attached hydrogens (tertiary/aromatic N) is 2. The second-order valence-electron chi connectivity index (χ2n) is 9.24. The molecule has 3 aromatic carbocycles. The van der Waals surface area contributed by atoms with E-state index in [1.165, 1.54) is 29.2 Å². The molecular weight excluding hydrogens is 533 g/mol. The lowest BCUT2D eigenvalue weighted by Gasteiger charge is -2.33. The van der Waals surface area contributed by atoms with Crippen LogP contribution in [0.3, 0.4) is 0 Å². The average Bonchev–Trinajstić information content (AvgIpc) is 2.97. The fourth-order valence-corrected chi connectivity index (χ4v) is 5.64. The van der Waals surface area contributed by atoms with Gasteiger partial charge in [-0.3, -0.25) is 13.9 Å². The quantitative estimate of drug-likeness (QED) is 0.283. The van der Waals surface area contributed by atoms with E-state index in [0.717, 1.165) is 34.8 Å². The molecule has 0 aromatic heterocycles. The minimum atomic E-state index is -4.20. The third kappa shape index (κ3) is 7.81. The van der Waals surface area contributed by atoms with Crippen molar-refractivity contribution in [2.75, 3.05) is 24.5 Å². The highest BCUT2D eigenvalue weighted by molar-refractivity contribution is 7.92. The molecule has 0 radical (unpaired) electrons. The second-order valence-corrected chi connectivity index (χ2v) is 11.1. The van der Waals surface area contributed by atoms with E-state index in [0.29, 0.717) is 18.7 Å².